The van der Waals surface area contributed by atoms with Crippen LogP contribution in [0.1, 0.15) is 23.7 Å². The van der Waals surface area contributed by atoms with E-state index in [0.29, 0.717) is 42.4 Å². The molecule has 214 valence electrons. The van der Waals surface area contributed by atoms with Gasteiger partial charge in [-0.3, -0.25) is 4.79 Å². The second-order valence-corrected chi connectivity index (χ2v) is 8.64. The van der Waals surface area contributed by atoms with Gasteiger partial charge in [0.2, 0.25) is 0 Å². The van der Waals surface area contributed by atoms with Crippen LogP contribution < -0.4 is 15.1 Å². The van der Waals surface area contributed by atoms with Crippen LogP contribution in [0.25, 0.3) is 0 Å². The van der Waals surface area contributed by atoms with Gasteiger partial charge >= 0.3 is 17.9 Å². The summed E-state index contributed by atoms with van der Waals surface area (Å²) in [4.78, 5) is 47.4. The molecule has 11 nitrogen and oxygen atoms in total. The van der Waals surface area contributed by atoms with E-state index in [2.05, 4.69) is 10.2 Å². The number of hydrogen-bond acceptors (Lipinski definition) is 8. The fourth-order valence-corrected chi connectivity index (χ4v) is 3.98. The van der Waals surface area contributed by atoms with Gasteiger partial charge in [0.1, 0.15) is 0 Å². The van der Waals surface area contributed by atoms with Crippen LogP contribution in [0.15, 0.2) is 66.8 Å². The molecule has 0 aliphatic carbocycles. The molecule has 0 fully saturated rings. The number of para-hydroxylation sites is 1. The number of aliphatic hydroxyl groups is 1. The van der Waals surface area contributed by atoms with Gasteiger partial charge in [-0.2, -0.15) is 0 Å². The molecule has 2 aromatic rings. The normalized spacial score (nSPS) is 12.4. The third-order valence-corrected chi connectivity index (χ3v) is 5.65. The van der Waals surface area contributed by atoms with Crippen LogP contribution in [0.5, 0.6) is 0 Å². The number of benzene rings is 2. The topological polar surface area (TPSA) is 157 Å². The Bertz CT molecular complexity index is 1230. The number of carbonyl (C=O) groups excluding carboxylic acids is 2. The lowest BCUT2D eigenvalue weighted by Crippen LogP contribution is -2.33. The Balaban J connectivity index is 0.000000611. The zero-order valence-corrected chi connectivity index (χ0v) is 22.7. The molecule has 1 aliphatic rings. The second-order valence-electron chi connectivity index (χ2n) is 8.20. The summed E-state index contributed by atoms with van der Waals surface area (Å²) in [6, 6.07) is 12.9. The maximum absolute atomic E-state index is 13.3. The second kappa shape index (κ2) is 16.7. The number of carboxylic acids is 2. The molecule has 40 heavy (non-hydrogen) atoms. The van der Waals surface area contributed by atoms with Gasteiger partial charge in [-0.05, 0) is 50.2 Å². The predicted octanol–water partition coefficient (Wildman–Crippen LogP) is 3.24. The van der Waals surface area contributed by atoms with Crippen molar-refractivity contribution in [1.29, 1.82) is 0 Å². The fourth-order valence-electron chi connectivity index (χ4n) is 3.81. The summed E-state index contributed by atoms with van der Waals surface area (Å²) in [5.74, 6) is -3.01. The Morgan fingerprint density at radius 3 is 2.30 bits per heavy atom. The number of aliphatic carboxylic acids is 2. The molecule has 0 aromatic heterocycles. The van der Waals surface area contributed by atoms with Gasteiger partial charge in [-0.15, -0.1) is 0 Å². The van der Waals surface area contributed by atoms with Gasteiger partial charge in [0.05, 0.1) is 35.8 Å². The largest absolute Gasteiger partial charge is 0.478 e. The number of anilines is 3. The minimum Gasteiger partial charge on any atom is -0.478 e. The van der Waals surface area contributed by atoms with E-state index in [9.17, 15) is 24.3 Å². The van der Waals surface area contributed by atoms with Crippen LogP contribution in [0.4, 0.5) is 17.1 Å². The van der Waals surface area contributed by atoms with Crippen molar-refractivity contribution < 1.29 is 39.2 Å². The number of β-amino-alcohol motifs (C(OH)–C–C–N with tert-alkyl or cyclic N) is 1. The van der Waals surface area contributed by atoms with Crippen LogP contribution in [0.2, 0.25) is 5.02 Å². The highest BCUT2D eigenvalue weighted by Crippen LogP contribution is 2.41. The van der Waals surface area contributed by atoms with E-state index in [1.807, 2.05) is 30.3 Å². The van der Waals surface area contributed by atoms with Gasteiger partial charge in [0, 0.05) is 42.9 Å². The average molecular weight is 574 g/mol. The molecule has 12 heteroatoms. The van der Waals surface area contributed by atoms with Gasteiger partial charge < -0.3 is 35.2 Å². The first-order valence-electron chi connectivity index (χ1n) is 12.5. The molecule has 0 atom stereocenters. The van der Waals surface area contributed by atoms with Crippen molar-refractivity contribution in [2.45, 2.75) is 13.3 Å². The Hall–Kier alpha value is -4.19. The Morgan fingerprint density at radius 1 is 0.950 bits per heavy atom. The van der Waals surface area contributed by atoms with E-state index in [0.717, 1.165) is 30.0 Å². The van der Waals surface area contributed by atoms with Crippen LogP contribution in [0, 0.1) is 0 Å². The smallest absolute Gasteiger partial charge is 0.330 e. The predicted molar refractivity (Wildman–Crippen MR) is 151 cm³/mol. The molecule has 1 aliphatic heterocycles. The number of rotatable bonds is 12. The van der Waals surface area contributed by atoms with Crippen molar-refractivity contribution in [2.24, 2.45) is 0 Å². The van der Waals surface area contributed by atoms with Crippen molar-refractivity contribution in [1.82, 2.24) is 5.32 Å². The molecule has 4 N–H and O–H groups in total. The SMILES string of the molecule is CCOC(=O)/C=C/CNCCCN1c2ccccc2C(=O)N(CCO)c2ccc(Cl)cc21.O=C(O)/C=C\C(=O)O. The number of nitrogens with one attached hydrogen (secondary N) is 1. The van der Waals surface area contributed by atoms with E-state index in [-0.39, 0.29) is 25.0 Å². The third kappa shape index (κ3) is 9.84. The maximum Gasteiger partial charge on any atom is 0.330 e. The van der Waals surface area contributed by atoms with Gasteiger partial charge in [-0.25, -0.2) is 14.4 Å². The number of ether oxygens (including phenoxy) is 1. The molecule has 0 spiro atoms. The highest BCUT2D eigenvalue weighted by molar-refractivity contribution is 6.31. The number of amides is 1. The molecule has 3 rings (SSSR count). The molecule has 1 amide bonds. The first kappa shape index (κ1) is 32.0. The molecule has 1 heterocycles. The van der Waals surface area contributed by atoms with E-state index in [1.165, 1.54) is 6.08 Å². The number of hydrogen-bond donors (Lipinski definition) is 4. The van der Waals surface area contributed by atoms with E-state index in [4.69, 9.17) is 26.6 Å². The lowest BCUT2D eigenvalue weighted by Gasteiger charge is -2.27. The van der Waals surface area contributed by atoms with E-state index < -0.39 is 11.9 Å². The number of nitrogens with zero attached hydrogens (tertiary/aromatic N) is 2. The van der Waals surface area contributed by atoms with Crippen LogP contribution >= 0.6 is 11.6 Å². The van der Waals surface area contributed by atoms with Crippen LogP contribution in [-0.4, -0.2) is 78.5 Å². The first-order chi connectivity index (χ1) is 19.2. The summed E-state index contributed by atoms with van der Waals surface area (Å²) in [6.07, 6.45) is 5.06. The number of esters is 1. The lowest BCUT2D eigenvalue weighted by molar-refractivity contribution is -0.137. The van der Waals surface area contributed by atoms with Crippen molar-refractivity contribution in [3.63, 3.8) is 0 Å². The Labute approximate surface area is 236 Å². The third-order valence-electron chi connectivity index (χ3n) is 5.42. The molecule has 0 radical (unpaired) electrons. The van der Waals surface area contributed by atoms with Crippen LogP contribution in [0.3, 0.4) is 0 Å². The summed E-state index contributed by atoms with van der Waals surface area (Å²) in [5.41, 5.74) is 2.93. The Morgan fingerprint density at radius 2 is 1.65 bits per heavy atom. The fraction of sp³-hybridized carbons (Fsp3) is 0.286. The average Bonchev–Trinajstić information content (AvgIpc) is 3.01. The van der Waals surface area contributed by atoms with Crippen molar-refractivity contribution >= 4 is 52.5 Å². The monoisotopic (exact) mass is 573 g/mol. The van der Waals surface area contributed by atoms with Gasteiger partial charge in [-0.1, -0.05) is 29.8 Å². The molecular formula is C28H32ClN3O8. The number of aliphatic hydroxyl groups excluding tert-OH is 1. The molecule has 0 unspecified atom stereocenters. The summed E-state index contributed by atoms with van der Waals surface area (Å²) in [5, 5.41) is 29.0. The number of halogens is 1. The van der Waals surface area contributed by atoms with Crippen molar-refractivity contribution in [3.05, 3.63) is 77.4 Å². The van der Waals surface area contributed by atoms with Crippen molar-refractivity contribution in [3.8, 4) is 0 Å². The van der Waals surface area contributed by atoms with E-state index >= 15 is 0 Å². The van der Waals surface area contributed by atoms with E-state index in [1.54, 1.807) is 30.0 Å². The summed E-state index contributed by atoms with van der Waals surface area (Å²) in [6.45, 7) is 4.11. The summed E-state index contributed by atoms with van der Waals surface area (Å²) >= 11 is 6.31. The quantitative estimate of drug-likeness (QED) is 0.169. The molecule has 0 saturated heterocycles. The summed E-state index contributed by atoms with van der Waals surface area (Å²) < 4.78 is 4.85. The zero-order valence-electron chi connectivity index (χ0n) is 22.0. The molecule has 0 bridgehead atoms. The highest BCUT2D eigenvalue weighted by Gasteiger charge is 2.30. The Kier molecular flexibility index (Phi) is 13.4. The number of fused-ring (bicyclic) bond motifs is 2. The van der Waals surface area contributed by atoms with Gasteiger partial charge in [0.15, 0.2) is 0 Å². The van der Waals surface area contributed by atoms with Gasteiger partial charge in [0.25, 0.3) is 5.91 Å². The first-order valence-corrected chi connectivity index (χ1v) is 12.8. The molecule has 0 saturated carbocycles. The zero-order chi connectivity index (χ0) is 29.5. The molecular weight excluding hydrogens is 542 g/mol. The standard InChI is InChI=1S/C24H28ClN3O4.C4H4O4/c1-2-32-23(30)9-5-12-26-13-6-14-27-20-8-4-3-7-19(20)24(31)28(15-16-29)21-11-10-18(25)17-22(21)27;5-3(6)1-2-4(7)8/h3-5,7-11,17,26,29H,2,6,12-16H2,1H3;1-2H,(H,5,6)(H,7,8)/b9-5+;2-1-. The maximum atomic E-state index is 13.3. The highest BCUT2D eigenvalue weighted by atomic mass is 35.5. The van der Waals surface area contributed by atoms with Crippen LogP contribution in [-0.2, 0) is 19.1 Å². The van der Waals surface area contributed by atoms with Crippen molar-refractivity contribution in [2.75, 3.05) is 49.2 Å². The number of carboxylic acid groups (broad SMARTS) is 2. The lowest BCUT2D eigenvalue weighted by atomic mass is 10.1. The summed E-state index contributed by atoms with van der Waals surface area (Å²) in [7, 11) is 0. The molecule has 2 aromatic carbocycles. The minimum absolute atomic E-state index is 0.140. The number of carbonyl (C=O) groups is 4. The minimum atomic E-state index is -1.26.